The van der Waals surface area contributed by atoms with Gasteiger partial charge in [-0.25, -0.2) is 18.7 Å². The maximum absolute atomic E-state index is 14.5. The molecule has 190 valence electrons. The van der Waals surface area contributed by atoms with Crippen LogP contribution in [0.25, 0.3) is 10.9 Å². The van der Waals surface area contributed by atoms with Crippen LogP contribution >= 0.6 is 0 Å². The van der Waals surface area contributed by atoms with E-state index in [1.54, 1.807) is 65.2 Å². The highest BCUT2D eigenvalue weighted by Gasteiger charge is 2.31. The van der Waals surface area contributed by atoms with Gasteiger partial charge in [0.05, 0.1) is 30.3 Å². The zero-order chi connectivity index (χ0) is 26.4. The zero-order valence-electron chi connectivity index (χ0n) is 20.7. The van der Waals surface area contributed by atoms with E-state index in [4.69, 9.17) is 0 Å². The number of amides is 1. The van der Waals surface area contributed by atoms with Gasteiger partial charge in [0.1, 0.15) is 23.7 Å². The molecule has 0 spiro atoms. The van der Waals surface area contributed by atoms with E-state index in [1.807, 2.05) is 7.05 Å². The van der Waals surface area contributed by atoms with Crippen LogP contribution in [0.5, 0.6) is 0 Å². The van der Waals surface area contributed by atoms with Crippen LogP contribution in [-0.4, -0.2) is 41.4 Å². The minimum atomic E-state index is -1.03. The average molecular weight is 512 g/mol. The fourth-order valence-corrected chi connectivity index (χ4v) is 4.81. The second-order valence-electron chi connectivity index (χ2n) is 9.40. The van der Waals surface area contributed by atoms with Crippen molar-refractivity contribution in [2.75, 3.05) is 0 Å². The van der Waals surface area contributed by atoms with Gasteiger partial charge in [-0.1, -0.05) is 17.9 Å². The fraction of sp³-hybridized carbons (Fsp3) is 0.214. The van der Waals surface area contributed by atoms with Crippen molar-refractivity contribution in [1.82, 2.24) is 34.6 Å². The Bertz CT molecular complexity index is 1750. The van der Waals surface area contributed by atoms with Gasteiger partial charge in [-0.15, -0.1) is 0 Å². The normalized spacial score (nSPS) is 15.2. The smallest absolute Gasteiger partial charge is 0.270 e. The van der Waals surface area contributed by atoms with Crippen LogP contribution in [0.15, 0.2) is 55.1 Å². The summed E-state index contributed by atoms with van der Waals surface area (Å²) >= 11 is 0. The van der Waals surface area contributed by atoms with E-state index >= 15 is 0 Å². The number of aryl methyl sites for hydroxylation is 2. The lowest BCUT2D eigenvalue weighted by atomic mass is 10.1. The number of H-pyrrole nitrogens is 1. The monoisotopic (exact) mass is 511 g/mol. The SMILES string of the molecule is Cc1cc(C#Cc2cnn(C)c2)cc(C(=O)NC(c2cc3c(F)cccc3[nH]2)c2ncn3c2C[C@@H](F)C3)n1. The minimum Gasteiger partial charge on any atom is -0.356 e. The van der Waals surface area contributed by atoms with E-state index in [-0.39, 0.29) is 24.5 Å². The summed E-state index contributed by atoms with van der Waals surface area (Å²) in [5.74, 6) is 5.25. The molecule has 1 aliphatic rings. The maximum Gasteiger partial charge on any atom is 0.270 e. The Hall–Kier alpha value is -4.78. The van der Waals surface area contributed by atoms with Crippen LogP contribution in [0.3, 0.4) is 0 Å². The molecule has 38 heavy (non-hydrogen) atoms. The number of fused-ring (bicyclic) bond motifs is 2. The number of aromatic nitrogens is 6. The standard InChI is InChI=1S/C28H23F2N7O/c1-16-8-17(6-7-18-12-32-36(2)13-18)9-24(33-16)28(38)35-26(27-25-10-19(29)14-37(25)15-31-27)23-11-20-21(30)4-3-5-22(20)34-23/h3-5,8-9,11-13,15,19,26,34H,10,14H2,1-2H3,(H,35,38)/t19-,26?/m1/s1. The number of nitrogens with one attached hydrogen (secondary N) is 2. The van der Waals surface area contributed by atoms with Crippen molar-refractivity contribution < 1.29 is 13.6 Å². The molecule has 0 saturated carbocycles. The van der Waals surface area contributed by atoms with Crippen molar-refractivity contribution in [2.45, 2.75) is 32.1 Å². The molecule has 0 fully saturated rings. The third-order valence-electron chi connectivity index (χ3n) is 6.52. The predicted octanol–water partition coefficient (Wildman–Crippen LogP) is 3.75. The quantitative estimate of drug-likeness (QED) is 0.360. The Kier molecular flexibility index (Phi) is 5.76. The lowest BCUT2D eigenvalue weighted by molar-refractivity contribution is 0.0936. The molecular formula is C28H23F2N7O. The molecule has 0 radical (unpaired) electrons. The molecule has 4 aromatic heterocycles. The second kappa shape index (κ2) is 9.27. The summed E-state index contributed by atoms with van der Waals surface area (Å²) in [4.78, 5) is 25.6. The van der Waals surface area contributed by atoms with Crippen LogP contribution in [0.1, 0.15) is 50.4 Å². The van der Waals surface area contributed by atoms with Gasteiger partial charge in [-0.3, -0.25) is 9.48 Å². The molecule has 1 aromatic carbocycles. The number of pyridine rings is 1. The van der Waals surface area contributed by atoms with Crippen molar-refractivity contribution >= 4 is 16.8 Å². The highest BCUT2D eigenvalue weighted by molar-refractivity contribution is 5.93. The molecule has 5 heterocycles. The molecule has 10 heteroatoms. The number of benzene rings is 1. The highest BCUT2D eigenvalue weighted by atomic mass is 19.1. The van der Waals surface area contributed by atoms with Crippen LogP contribution in [0.2, 0.25) is 0 Å². The van der Waals surface area contributed by atoms with Crippen LogP contribution in [0, 0.1) is 24.6 Å². The summed E-state index contributed by atoms with van der Waals surface area (Å²) < 4.78 is 32.1. The second-order valence-corrected chi connectivity index (χ2v) is 9.40. The molecule has 8 nitrogen and oxygen atoms in total. The largest absolute Gasteiger partial charge is 0.356 e. The molecular weight excluding hydrogens is 488 g/mol. The van der Waals surface area contributed by atoms with Crippen LogP contribution in [-0.2, 0) is 20.0 Å². The van der Waals surface area contributed by atoms with Crippen molar-refractivity contribution in [3.05, 3.63) is 101 Å². The molecule has 2 N–H and O–H groups in total. The molecule has 0 bridgehead atoms. The van der Waals surface area contributed by atoms with E-state index < -0.39 is 18.1 Å². The van der Waals surface area contributed by atoms with Gasteiger partial charge in [0.15, 0.2) is 0 Å². The number of imidazole rings is 1. The predicted molar refractivity (Wildman–Crippen MR) is 137 cm³/mol. The van der Waals surface area contributed by atoms with Gasteiger partial charge in [0.25, 0.3) is 5.91 Å². The Morgan fingerprint density at radius 1 is 1.24 bits per heavy atom. The van der Waals surface area contributed by atoms with Crippen LogP contribution in [0.4, 0.5) is 8.78 Å². The number of halogens is 2. The lowest BCUT2D eigenvalue weighted by Gasteiger charge is -2.17. The molecule has 6 rings (SSSR count). The first kappa shape index (κ1) is 23.6. The number of rotatable bonds is 4. The summed E-state index contributed by atoms with van der Waals surface area (Å²) in [5.41, 5.74) is 4.49. The maximum atomic E-state index is 14.5. The summed E-state index contributed by atoms with van der Waals surface area (Å²) in [6.07, 6.45) is 4.20. The molecule has 1 unspecified atom stereocenters. The Balaban J connectivity index is 1.37. The Morgan fingerprint density at radius 3 is 2.87 bits per heavy atom. The minimum absolute atomic E-state index is 0.173. The Morgan fingerprint density at radius 2 is 2.08 bits per heavy atom. The van der Waals surface area contributed by atoms with Crippen LogP contribution < -0.4 is 5.32 Å². The van der Waals surface area contributed by atoms with Crippen molar-refractivity contribution in [1.29, 1.82) is 0 Å². The van der Waals surface area contributed by atoms with Gasteiger partial charge >= 0.3 is 0 Å². The number of aromatic amines is 1. The van der Waals surface area contributed by atoms with Crippen molar-refractivity contribution in [3.8, 4) is 11.8 Å². The molecule has 2 atom stereocenters. The summed E-state index contributed by atoms with van der Waals surface area (Å²) in [6.45, 7) is 2.00. The van der Waals surface area contributed by atoms with Gasteiger partial charge < -0.3 is 14.9 Å². The van der Waals surface area contributed by atoms with E-state index in [0.717, 1.165) is 5.56 Å². The molecule has 0 aliphatic carbocycles. The molecule has 1 amide bonds. The molecule has 1 aliphatic heterocycles. The lowest BCUT2D eigenvalue weighted by Crippen LogP contribution is -2.31. The van der Waals surface area contributed by atoms with Gasteiger partial charge in [0, 0.05) is 53.2 Å². The number of alkyl halides is 1. The topological polar surface area (TPSA) is 93.4 Å². The number of carbonyl (C=O) groups excluding carboxylic acids is 1. The van der Waals surface area contributed by atoms with E-state index in [9.17, 15) is 13.6 Å². The number of carbonyl (C=O) groups is 1. The third-order valence-corrected chi connectivity index (χ3v) is 6.52. The van der Waals surface area contributed by atoms with Gasteiger partial charge in [-0.05, 0) is 37.3 Å². The number of hydrogen-bond acceptors (Lipinski definition) is 4. The third kappa shape index (κ3) is 4.43. The Labute approximate surface area is 216 Å². The molecule has 0 saturated heterocycles. The number of hydrogen-bond donors (Lipinski definition) is 2. The fourth-order valence-electron chi connectivity index (χ4n) is 4.81. The van der Waals surface area contributed by atoms with E-state index in [1.165, 1.54) is 6.07 Å². The van der Waals surface area contributed by atoms with Gasteiger partial charge in [0.2, 0.25) is 0 Å². The average Bonchev–Trinajstić information content (AvgIpc) is 3.65. The van der Waals surface area contributed by atoms with E-state index in [0.29, 0.717) is 39.2 Å². The van der Waals surface area contributed by atoms with E-state index in [2.05, 4.69) is 37.2 Å². The highest BCUT2D eigenvalue weighted by Crippen LogP contribution is 2.31. The summed E-state index contributed by atoms with van der Waals surface area (Å²) in [6, 6.07) is 9.02. The summed E-state index contributed by atoms with van der Waals surface area (Å²) in [5, 5.41) is 7.49. The van der Waals surface area contributed by atoms with Gasteiger partial charge in [-0.2, -0.15) is 5.10 Å². The van der Waals surface area contributed by atoms with Crippen molar-refractivity contribution in [2.24, 2.45) is 7.05 Å². The first-order valence-corrected chi connectivity index (χ1v) is 12.1. The first-order valence-electron chi connectivity index (χ1n) is 12.1. The number of nitrogens with zero attached hydrogens (tertiary/aromatic N) is 5. The molecule has 5 aromatic rings. The first-order chi connectivity index (χ1) is 18.3. The zero-order valence-corrected chi connectivity index (χ0v) is 20.7. The van der Waals surface area contributed by atoms with Crippen molar-refractivity contribution in [3.63, 3.8) is 0 Å². The summed E-state index contributed by atoms with van der Waals surface area (Å²) in [7, 11) is 1.81.